The summed E-state index contributed by atoms with van der Waals surface area (Å²) >= 11 is 0. The summed E-state index contributed by atoms with van der Waals surface area (Å²) < 4.78 is 5.44. The fraction of sp³-hybridized carbons (Fsp3) is 0.917. The molecule has 2 atom stereocenters. The molecule has 0 bridgehead atoms. The highest BCUT2D eigenvalue weighted by atomic mass is 16.5. The smallest absolute Gasteiger partial charge is 0.236 e. The molecule has 0 aliphatic rings. The predicted molar refractivity (Wildman–Crippen MR) is 67.9 cm³/mol. The summed E-state index contributed by atoms with van der Waals surface area (Å²) in [6.07, 6.45) is -0.605. The van der Waals surface area contributed by atoms with Gasteiger partial charge in [-0.15, -0.1) is 0 Å². The zero-order valence-corrected chi connectivity index (χ0v) is 11.5. The molecule has 1 amide bonds. The van der Waals surface area contributed by atoms with E-state index < -0.39 is 6.10 Å². The predicted octanol–water partition coefficient (Wildman–Crippen LogP) is 0.277. The maximum Gasteiger partial charge on any atom is 0.236 e. The lowest BCUT2D eigenvalue weighted by Crippen LogP contribution is -2.45. The van der Waals surface area contributed by atoms with E-state index in [1.807, 2.05) is 27.7 Å². The van der Waals surface area contributed by atoms with E-state index >= 15 is 0 Å². The van der Waals surface area contributed by atoms with E-state index in [-0.39, 0.29) is 24.2 Å². The number of hydrogen-bond donors (Lipinski definition) is 3. The van der Waals surface area contributed by atoms with Crippen molar-refractivity contribution >= 4 is 5.91 Å². The van der Waals surface area contributed by atoms with Crippen molar-refractivity contribution in [2.75, 3.05) is 19.7 Å². The Morgan fingerprint density at radius 3 is 2.47 bits per heavy atom. The van der Waals surface area contributed by atoms with E-state index in [9.17, 15) is 9.90 Å². The number of ether oxygens (including phenoxy) is 1. The van der Waals surface area contributed by atoms with Crippen molar-refractivity contribution in [2.45, 2.75) is 52.4 Å². The van der Waals surface area contributed by atoms with Gasteiger partial charge in [0.2, 0.25) is 5.91 Å². The van der Waals surface area contributed by atoms with Gasteiger partial charge < -0.3 is 20.5 Å². The lowest BCUT2D eigenvalue weighted by atomic mass is 10.2. The van der Waals surface area contributed by atoms with Crippen LogP contribution >= 0.6 is 0 Å². The monoisotopic (exact) mass is 246 g/mol. The van der Waals surface area contributed by atoms with Gasteiger partial charge in [0.05, 0.1) is 24.4 Å². The molecular weight excluding hydrogens is 220 g/mol. The van der Waals surface area contributed by atoms with Crippen molar-refractivity contribution in [2.24, 2.45) is 0 Å². The van der Waals surface area contributed by atoms with Crippen LogP contribution in [0, 0.1) is 0 Å². The molecule has 17 heavy (non-hydrogen) atoms. The number of aliphatic hydroxyl groups excluding tert-OH is 1. The Kier molecular flexibility index (Phi) is 7.34. The van der Waals surface area contributed by atoms with Crippen LogP contribution in [-0.4, -0.2) is 48.5 Å². The normalized spacial score (nSPS) is 15.4. The van der Waals surface area contributed by atoms with Gasteiger partial charge in [-0.05, 0) is 34.6 Å². The second-order valence-corrected chi connectivity index (χ2v) is 5.10. The number of nitrogens with one attached hydrogen (secondary N) is 2. The number of hydrogen-bond acceptors (Lipinski definition) is 4. The van der Waals surface area contributed by atoms with Crippen LogP contribution in [0.2, 0.25) is 0 Å². The Morgan fingerprint density at radius 1 is 1.41 bits per heavy atom. The molecule has 5 nitrogen and oxygen atoms in total. The second-order valence-electron chi connectivity index (χ2n) is 5.10. The van der Waals surface area contributed by atoms with Gasteiger partial charge in [-0.3, -0.25) is 4.79 Å². The number of carbonyl (C=O) groups excluding carboxylic acids is 1. The zero-order valence-electron chi connectivity index (χ0n) is 11.5. The molecule has 0 spiro atoms. The van der Waals surface area contributed by atoms with Crippen LogP contribution in [0.3, 0.4) is 0 Å². The van der Waals surface area contributed by atoms with Gasteiger partial charge in [0.15, 0.2) is 0 Å². The average molecular weight is 246 g/mol. The first-order valence-corrected chi connectivity index (χ1v) is 6.09. The Hall–Kier alpha value is -0.650. The van der Waals surface area contributed by atoms with Gasteiger partial charge in [-0.25, -0.2) is 0 Å². The maximum absolute atomic E-state index is 11.4. The van der Waals surface area contributed by atoms with Gasteiger partial charge in [0, 0.05) is 13.1 Å². The summed E-state index contributed by atoms with van der Waals surface area (Å²) in [6, 6.07) is -0.306. The average Bonchev–Trinajstić information content (AvgIpc) is 2.22. The van der Waals surface area contributed by atoms with Gasteiger partial charge >= 0.3 is 0 Å². The first-order valence-electron chi connectivity index (χ1n) is 6.09. The summed E-state index contributed by atoms with van der Waals surface area (Å²) in [4.78, 5) is 11.4. The van der Waals surface area contributed by atoms with Crippen LogP contribution in [-0.2, 0) is 9.53 Å². The maximum atomic E-state index is 11.4. The summed E-state index contributed by atoms with van der Waals surface area (Å²) in [5.74, 6) is -0.0589. The number of rotatable bonds is 7. The molecule has 102 valence electrons. The van der Waals surface area contributed by atoms with Crippen molar-refractivity contribution in [3.63, 3.8) is 0 Å². The quantitative estimate of drug-likeness (QED) is 0.603. The molecule has 0 aliphatic heterocycles. The molecule has 0 saturated carbocycles. The lowest BCUT2D eigenvalue weighted by molar-refractivity contribution is -0.122. The van der Waals surface area contributed by atoms with Crippen LogP contribution in [0.5, 0.6) is 0 Å². The number of carbonyl (C=O) groups is 1. The van der Waals surface area contributed by atoms with Crippen molar-refractivity contribution in [3.05, 3.63) is 0 Å². The van der Waals surface area contributed by atoms with E-state index in [0.29, 0.717) is 13.1 Å². The Bertz CT molecular complexity index is 226. The van der Waals surface area contributed by atoms with Gasteiger partial charge in [-0.1, -0.05) is 0 Å². The molecular formula is C12H26N2O3. The summed E-state index contributed by atoms with van der Waals surface area (Å²) in [5, 5.41) is 15.3. The number of amides is 1. The molecule has 5 heteroatoms. The largest absolute Gasteiger partial charge is 0.389 e. The standard InChI is InChI=1S/C12H26N2O3/c1-6-13-11(16)9(2)14-7-10(15)8-17-12(3,4)5/h9-10,14-15H,6-8H2,1-5H3,(H,13,16). The lowest BCUT2D eigenvalue weighted by Gasteiger charge is -2.23. The van der Waals surface area contributed by atoms with Crippen LogP contribution in [0.15, 0.2) is 0 Å². The fourth-order valence-corrected chi connectivity index (χ4v) is 1.14. The summed E-state index contributed by atoms with van der Waals surface area (Å²) in [5.41, 5.74) is -0.258. The third-order valence-corrected chi connectivity index (χ3v) is 2.11. The SMILES string of the molecule is CCNC(=O)C(C)NCC(O)COC(C)(C)C. The second kappa shape index (κ2) is 7.63. The van der Waals surface area contributed by atoms with Gasteiger partial charge in [-0.2, -0.15) is 0 Å². The summed E-state index contributed by atoms with van der Waals surface area (Å²) in [7, 11) is 0. The molecule has 3 N–H and O–H groups in total. The highest BCUT2D eigenvalue weighted by Gasteiger charge is 2.16. The number of aliphatic hydroxyl groups is 1. The topological polar surface area (TPSA) is 70.6 Å². The van der Waals surface area contributed by atoms with E-state index in [4.69, 9.17) is 4.74 Å². The van der Waals surface area contributed by atoms with Crippen molar-refractivity contribution < 1.29 is 14.6 Å². The molecule has 0 aromatic carbocycles. The van der Waals surface area contributed by atoms with Crippen molar-refractivity contribution in [3.8, 4) is 0 Å². The van der Waals surface area contributed by atoms with Crippen LogP contribution < -0.4 is 10.6 Å². The first kappa shape index (κ1) is 16.4. The third-order valence-electron chi connectivity index (χ3n) is 2.11. The Balaban J connectivity index is 3.76. The minimum atomic E-state index is -0.605. The zero-order chi connectivity index (χ0) is 13.5. The highest BCUT2D eigenvalue weighted by Crippen LogP contribution is 2.06. The molecule has 0 saturated heterocycles. The minimum Gasteiger partial charge on any atom is -0.389 e. The molecule has 0 heterocycles. The Morgan fingerprint density at radius 2 is 2.00 bits per heavy atom. The minimum absolute atomic E-state index is 0.0589. The summed E-state index contributed by atoms with van der Waals surface area (Å²) in [6.45, 7) is 10.7. The van der Waals surface area contributed by atoms with E-state index in [0.717, 1.165) is 0 Å². The molecule has 0 fully saturated rings. The fourth-order valence-electron chi connectivity index (χ4n) is 1.14. The molecule has 0 rings (SSSR count). The van der Waals surface area contributed by atoms with Gasteiger partial charge in [0.25, 0.3) is 0 Å². The van der Waals surface area contributed by atoms with E-state index in [1.54, 1.807) is 6.92 Å². The van der Waals surface area contributed by atoms with E-state index in [2.05, 4.69) is 10.6 Å². The first-order chi connectivity index (χ1) is 7.76. The van der Waals surface area contributed by atoms with E-state index in [1.165, 1.54) is 0 Å². The molecule has 0 aromatic rings. The van der Waals surface area contributed by atoms with Crippen LogP contribution in [0.25, 0.3) is 0 Å². The molecule has 0 radical (unpaired) electrons. The van der Waals surface area contributed by atoms with Gasteiger partial charge in [0.1, 0.15) is 0 Å². The van der Waals surface area contributed by atoms with Crippen LogP contribution in [0.1, 0.15) is 34.6 Å². The molecule has 2 unspecified atom stereocenters. The van der Waals surface area contributed by atoms with Crippen molar-refractivity contribution in [1.29, 1.82) is 0 Å². The third kappa shape index (κ3) is 9.09. The van der Waals surface area contributed by atoms with Crippen molar-refractivity contribution in [1.82, 2.24) is 10.6 Å². The Labute approximate surface area is 104 Å². The van der Waals surface area contributed by atoms with Crippen LogP contribution in [0.4, 0.5) is 0 Å². The molecule has 0 aliphatic carbocycles. The highest BCUT2D eigenvalue weighted by molar-refractivity contribution is 5.81. The molecule has 0 aromatic heterocycles. The number of likely N-dealkylation sites (N-methyl/N-ethyl adjacent to an activating group) is 1.